The molecule has 3 fully saturated rings. The van der Waals surface area contributed by atoms with Crippen LogP contribution in [0, 0.1) is 5.82 Å². The highest BCUT2D eigenvalue weighted by atomic mass is 32.2. The fourth-order valence-corrected chi connectivity index (χ4v) is 6.39. The second-order valence-electron chi connectivity index (χ2n) is 9.08. The first-order chi connectivity index (χ1) is 16.2. The molecule has 0 radical (unpaired) electrons. The molecule has 3 aromatic carbocycles. The number of benzene rings is 3. The molecule has 0 aliphatic carbocycles. The molecular weight excluding hydrogens is 453 g/mol. The predicted octanol–water partition coefficient (Wildman–Crippen LogP) is 3.32. The summed E-state index contributed by atoms with van der Waals surface area (Å²) in [7, 11) is -0.180. The van der Waals surface area contributed by atoms with Crippen molar-refractivity contribution in [1.29, 1.82) is 0 Å². The number of hydrogen-bond donors (Lipinski definition) is 1. The van der Waals surface area contributed by atoms with Crippen molar-refractivity contribution >= 4 is 15.9 Å². The number of carbonyl (C=O) groups excluding carboxylic acids is 1. The third-order valence-electron chi connectivity index (χ3n) is 6.69. The summed E-state index contributed by atoms with van der Waals surface area (Å²) in [5.74, 6) is -0.260. The average molecular weight is 480 g/mol. The minimum absolute atomic E-state index is 0.0286. The summed E-state index contributed by atoms with van der Waals surface area (Å²) in [4.78, 5) is 14.0. The van der Waals surface area contributed by atoms with Crippen molar-refractivity contribution in [2.45, 2.75) is 22.9 Å². The summed E-state index contributed by atoms with van der Waals surface area (Å²) in [6.45, 7) is 0.745. The van der Waals surface area contributed by atoms with E-state index in [1.807, 2.05) is 24.3 Å². The van der Waals surface area contributed by atoms with E-state index in [0.717, 1.165) is 16.7 Å². The molecule has 0 aromatic heterocycles. The molecule has 3 aliphatic rings. The van der Waals surface area contributed by atoms with Gasteiger partial charge in [0.2, 0.25) is 10.0 Å². The quantitative estimate of drug-likeness (QED) is 0.610. The fraction of sp³-hybridized carbons (Fsp3) is 0.269. The summed E-state index contributed by atoms with van der Waals surface area (Å²) in [5, 5.41) is 3.46. The summed E-state index contributed by atoms with van der Waals surface area (Å²) >= 11 is 0. The smallest absolute Gasteiger partial charge is 0.253 e. The van der Waals surface area contributed by atoms with Gasteiger partial charge in [-0.1, -0.05) is 36.4 Å². The SMILES string of the molecule is CN(C)C(=O)c1cccc(-c2ccc(C3[C@@H]4CN(S(=O)(=O)c5ccc(F)cc5)C[C@H]3N4)cc2)c1. The van der Waals surface area contributed by atoms with Gasteiger partial charge < -0.3 is 10.2 Å². The summed E-state index contributed by atoms with van der Waals surface area (Å²) in [5.41, 5.74) is 3.81. The first-order valence-electron chi connectivity index (χ1n) is 11.2. The molecule has 3 aromatic rings. The minimum atomic E-state index is -3.65. The minimum Gasteiger partial charge on any atom is -0.345 e. The molecule has 2 bridgehead atoms. The van der Waals surface area contributed by atoms with Crippen LogP contribution in [0.3, 0.4) is 0 Å². The maximum Gasteiger partial charge on any atom is 0.253 e. The van der Waals surface area contributed by atoms with E-state index in [0.29, 0.717) is 18.7 Å². The lowest BCUT2D eigenvalue weighted by Gasteiger charge is -2.54. The van der Waals surface area contributed by atoms with E-state index in [4.69, 9.17) is 0 Å². The zero-order chi connectivity index (χ0) is 24.0. The van der Waals surface area contributed by atoms with Gasteiger partial charge in [-0.3, -0.25) is 4.79 Å². The zero-order valence-corrected chi connectivity index (χ0v) is 19.8. The number of sulfonamides is 1. The zero-order valence-electron chi connectivity index (χ0n) is 19.0. The first kappa shape index (κ1) is 22.7. The Morgan fingerprint density at radius 1 is 0.941 bits per heavy atom. The largest absolute Gasteiger partial charge is 0.345 e. The maximum atomic E-state index is 13.2. The van der Waals surface area contributed by atoms with Gasteiger partial charge in [0.15, 0.2) is 0 Å². The number of amides is 1. The highest BCUT2D eigenvalue weighted by molar-refractivity contribution is 7.89. The second kappa shape index (κ2) is 8.61. The number of piperidine rings is 1. The van der Waals surface area contributed by atoms with Crippen molar-refractivity contribution in [3.63, 3.8) is 0 Å². The van der Waals surface area contributed by atoms with Crippen molar-refractivity contribution in [2.24, 2.45) is 0 Å². The highest BCUT2D eigenvalue weighted by Gasteiger charge is 2.49. The van der Waals surface area contributed by atoms with Crippen LogP contribution in [0.1, 0.15) is 21.8 Å². The molecule has 1 amide bonds. The number of nitrogens with zero attached hydrogens (tertiary/aromatic N) is 2. The molecular formula is C26H26FN3O3S. The van der Waals surface area contributed by atoms with Gasteiger partial charge in [0.05, 0.1) is 4.90 Å². The van der Waals surface area contributed by atoms with Crippen LogP contribution in [0.15, 0.2) is 77.7 Å². The Labute approximate surface area is 199 Å². The lowest BCUT2D eigenvalue weighted by atomic mass is 9.75. The molecule has 34 heavy (non-hydrogen) atoms. The summed E-state index contributed by atoms with van der Waals surface area (Å²) in [6, 6.07) is 20.9. The molecule has 0 saturated carbocycles. The molecule has 0 spiro atoms. The Bertz CT molecular complexity index is 1310. The van der Waals surface area contributed by atoms with Gasteiger partial charge in [-0.2, -0.15) is 4.31 Å². The Balaban J connectivity index is 1.30. The van der Waals surface area contributed by atoms with Crippen molar-refractivity contribution < 1.29 is 17.6 Å². The predicted molar refractivity (Wildman–Crippen MR) is 129 cm³/mol. The molecule has 3 saturated heterocycles. The van der Waals surface area contributed by atoms with E-state index >= 15 is 0 Å². The Hall–Kier alpha value is -3.07. The highest BCUT2D eigenvalue weighted by Crippen LogP contribution is 2.39. The number of rotatable bonds is 5. The average Bonchev–Trinajstić information content (AvgIpc) is 2.84. The number of halogens is 1. The second-order valence-corrected chi connectivity index (χ2v) is 11.0. The first-order valence-corrected chi connectivity index (χ1v) is 12.6. The van der Waals surface area contributed by atoms with E-state index < -0.39 is 15.8 Å². The molecule has 8 heteroatoms. The third-order valence-corrected chi connectivity index (χ3v) is 8.54. The van der Waals surface area contributed by atoms with Gasteiger partial charge in [0.1, 0.15) is 5.82 Å². The molecule has 3 aliphatic heterocycles. The Morgan fingerprint density at radius 2 is 1.59 bits per heavy atom. The van der Waals surface area contributed by atoms with E-state index in [-0.39, 0.29) is 28.8 Å². The van der Waals surface area contributed by atoms with Crippen LogP contribution in [0.5, 0.6) is 0 Å². The molecule has 1 N–H and O–H groups in total. The lowest BCUT2D eigenvalue weighted by Crippen LogP contribution is -2.72. The number of carbonyl (C=O) groups is 1. The van der Waals surface area contributed by atoms with Gasteiger partial charge in [-0.05, 0) is 53.1 Å². The van der Waals surface area contributed by atoms with E-state index in [1.54, 1.807) is 19.0 Å². The van der Waals surface area contributed by atoms with Gasteiger partial charge in [-0.25, -0.2) is 12.8 Å². The number of piperazine rings is 1. The van der Waals surface area contributed by atoms with Crippen LogP contribution in [-0.2, 0) is 10.0 Å². The van der Waals surface area contributed by atoms with Crippen LogP contribution >= 0.6 is 0 Å². The van der Waals surface area contributed by atoms with Gasteiger partial charge in [-0.15, -0.1) is 0 Å². The van der Waals surface area contributed by atoms with E-state index in [1.165, 1.54) is 28.6 Å². The standard InChI is InChI=1S/C26H26FN3O3S/c1-29(2)26(31)20-5-3-4-19(14-20)17-6-8-18(9-7-17)25-23-15-30(16-24(25)28-23)34(32,33)22-12-10-21(27)11-13-22/h3-14,23-25,28H,15-16H2,1-2H3/t23-,24+,25?. The molecule has 3 atom stereocenters. The summed E-state index contributed by atoms with van der Waals surface area (Å²) in [6.07, 6.45) is 0. The van der Waals surface area contributed by atoms with Crippen LogP contribution in [0.2, 0.25) is 0 Å². The van der Waals surface area contributed by atoms with Crippen molar-refractivity contribution in [3.05, 3.63) is 89.7 Å². The number of fused-ring (bicyclic) bond motifs is 2. The van der Waals surface area contributed by atoms with Gasteiger partial charge in [0, 0.05) is 50.7 Å². The maximum absolute atomic E-state index is 13.2. The van der Waals surface area contributed by atoms with Crippen LogP contribution in [-0.4, -0.2) is 62.8 Å². The molecule has 176 valence electrons. The molecule has 3 heterocycles. The Morgan fingerprint density at radius 3 is 2.21 bits per heavy atom. The molecule has 1 unspecified atom stereocenters. The van der Waals surface area contributed by atoms with E-state index in [9.17, 15) is 17.6 Å². The van der Waals surface area contributed by atoms with Crippen LogP contribution in [0.25, 0.3) is 11.1 Å². The monoisotopic (exact) mass is 479 g/mol. The lowest BCUT2D eigenvalue weighted by molar-refractivity contribution is 0.0827. The van der Waals surface area contributed by atoms with Crippen molar-refractivity contribution in [2.75, 3.05) is 27.2 Å². The van der Waals surface area contributed by atoms with Crippen molar-refractivity contribution in [1.82, 2.24) is 14.5 Å². The van der Waals surface area contributed by atoms with Crippen LogP contribution in [0.4, 0.5) is 4.39 Å². The van der Waals surface area contributed by atoms with Gasteiger partial charge >= 0.3 is 0 Å². The van der Waals surface area contributed by atoms with E-state index in [2.05, 4.69) is 29.6 Å². The fourth-order valence-electron chi connectivity index (χ4n) is 4.89. The summed E-state index contributed by atoms with van der Waals surface area (Å²) < 4.78 is 40.7. The normalized spacial score (nSPS) is 22.1. The number of nitrogens with one attached hydrogen (secondary N) is 1. The van der Waals surface area contributed by atoms with Gasteiger partial charge in [0.25, 0.3) is 5.91 Å². The Kier molecular flexibility index (Phi) is 5.75. The molecule has 6 rings (SSSR count). The van der Waals surface area contributed by atoms with Crippen LogP contribution < -0.4 is 5.32 Å². The topological polar surface area (TPSA) is 69.7 Å². The third kappa shape index (κ3) is 4.02. The van der Waals surface area contributed by atoms with Crippen molar-refractivity contribution in [3.8, 4) is 11.1 Å². The number of hydrogen-bond acceptors (Lipinski definition) is 4. The molecule has 6 nitrogen and oxygen atoms in total.